The molecule has 7 nitrogen and oxygen atoms in total. The fourth-order valence-corrected chi connectivity index (χ4v) is 4.55. The average molecular weight is 401 g/mol. The molecule has 1 saturated heterocycles. The number of benzene rings is 1. The Morgan fingerprint density at radius 2 is 1.75 bits per heavy atom. The summed E-state index contributed by atoms with van der Waals surface area (Å²) in [5, 5.41) is 2.92. The number of amidine groups is 1. The van der Waals surface area contributed by atoms with Crippen molar-refractivity contribution in [2.45, 2.75) is 25.9 Å². The molecule has 3 aliphatic rings. The van der Waals surface area contributed by atoms with Crippen molar-refractivity contribution in [2.75, 3.05) is 25.4 Å². The van der Waals surface area contributed by atoms with E-state index in [0.717, 1.165) is 12.1 Å². The molecule has 1 fully saturated rings. The molecular weight excluding hydrogens is 376 g/mol. The van der Waals surface area contributed by atoms with Gasteiger partial charge in [0, 0.05) is 25.8 Å². The van der Waals surface area contributed by atoms with E-state index in [2.05, 4.69) is 38.9 Å². The molecule has 4 rings (SSSR count). The van der Waals surface area contributed by atoms with Crippen molar-refractivity contribution in [1.82, 2.24) is 15.1 Å². The van der Waals surface area contributed by atoms with Gasteiger partial charge in [-0.15, -0.1) is 4.40 Å². The molecule has 0 saturated carbocycles. The lowest BCUT2D eigenvalue weighted by Crippen LogP contribution is -2.38. The minimum Gasteiger partial charge on any atom is -0.348 e. The second-order valence-corrected chi connectivity index (χ2v) is 9.08. The second-order valence-electron chi connectivity index (χ2n) is 7.33. The Morgan fingerprint density at radius 1 is 1.04 bits per heavy atom. The van der Waals surface area contributed by atoms with Crippen molar-refractivity contribution < 1.29 is 13.2 Å². The highest BCUT2D eigenvalue weighted by Crippen LogP contribution is 2.16. The number of hydrogen-bond acceptors (Lipinski definition) is 5. The van der Waals surface area contributed by atoms with Crippen LogP contribution in [0.5, 0.6) is 0 Å². The Balaban J connectivity index is 1.32. The van der Waals surface area contributed by atoms with E-state index >= 15 is 0 Å². The van der Waals surface area contributed by atoms with Crippen molar-refractivity contribution in [3.05, 3.63) is 59.3 Å². The maximum Gasteiger partial charge on any atom is 0.256 e. The Hall–Kier alpha value is -2.45. The van der Waals surface area contributed by atoms with E-state index in [1.807, 2.05) is 0 Å². The molecule has 0 radical (unpaired) electrons. The highest BCUT2D eigenvalue weighted by atomic mass is 32.2. The Morgan fingerprint density at radius 3 is 2.50 bits per heavy atom. The van der Waals surface area contributed by atoms with Gasteiger partial charge in [0.05, 0.1) is 11.3 Å². The number of sulfonamides is 1. The molecule has 1 amide bonds. The first-order valence-electron chi connectivity index (χ1n) is 9.56. The molecule has 28 heavy (non-hydrogen) atoms. The van der Waals surface area contributed by atoms with Gasteiger partial charge in [-0.2, -0.15) is 0 Å². The van der Waals surface area contributed by atoms with Crippen LogP contribution in [0.25, 0.3) is 0 Å². The summed E-state index contributed by atoms with van der Waals surface area (Å²) in [6.45, 7) is 4.09. The molecule has 0 bridgehead atoms. The van der Waals surface area contributed by atoms with Gasteiger partial charge < -0.3 is 10.2 Å². The zero-order chi connectivity index (χ0) is 19.6. The number of hydrogen-bond donors (Lipinski definition) is 1. The lowest BCUT2D eigenvalue weighted by Gasteiger charge is -2.26. The predicted molar refractivity (Wildman–Crippen MR) is 108 cm³/mol. The van der Waals surface area contributed by atoms with Crippen LogP contribution in [0, 0.1) is 0 Å². The third-order valence-electron chi connectivity index (χ3n) is 5.17. The first-order chi connectivity index (χ1) is 13.5. The summed E-state index contributed by atoms with van der Waals surface area (Å²) < 4.78 is 26.8. The number of nitrogens with zero attached hydrogens (tertiary/aromatic N) is 3. The first-order valence-corrected chi connectivity index (χ1v) is 11.2. The van der Waals surface area contributed by atoms with E-state index in [0.29, 0.717) is 24.5 Å². The smallest absolute Gasteiger partial charge is 0.256 e. The average Bonchev–Trinajstić information content (AvgIpc) is 3.19. The molecule has 0 spiro atoms. The van der Waals surface area contributed by atoms with Crippen LogP contribution in [-0.2, 0) is 27.9 Å². The lowest BCUT2D eigenvalue weighted by atomic mass is 10.1. The van der Waals surface area contributed by atoms with Gasteiger partial charge >= 0.3 is 0 Å². The first kappa shape index (κ1) is 18.9. The van der Waals surface area contributed by atoms with Crippen molar-refractivity contribution in [3.8, 4) is 0 Å². The molecule has 0 aliphatic carbocycles. The lowest BCUT2D eigenvalue weighted by molar-refractivity contribution is -0.117. The summed E-state index contributed by atoms with van der Waals surface area (Å²) in [5.74, 6) is 0.126. The van der Waals surface area contributed by atoms with Gasteiger partial charge in [0.1, 0.15) is 5.84 Å². The molecule has 3 heterocycles. The molecule has 0 aromatic heterocycles. The Kier molecular flexibility index (Phi) is 5.32. The van der Waals surface area contributed by atoms with Gasteiger partial charge in [0.15, 0.2) is 0 Å². The summed E-state index contributed by atoms with van der Waals surface area (Å²) >= 11 is 0. The summed E-state index contributed by atoms with van der Waals surface area (Å²) in [6, 6.07) is 8.35. The zero-order valence-corrected chi connectivity index (χ0v) is 16.5. The summed E-state index contributed by atoms with van der Waals surface area (Å²) in [7, 11) is -3.39. The number of likely N-dealkylation sites (tertiary alicyclic amines) is 1. The number of rotatable bonds is 5. The topological polar surface area (TPSA) is 82.1 Å². The van der Waals surface area contributed by atoms with Crippen molar-refractivity contribution >= 4 is 21.8 Å². The van der Waals surface area contributed by atoms with Crippen LogP contribution in [0.15, 0.2) is 52.6 Å². The van der Waals surface area contributed by atoms with Gasteiger partial charge in [-0.05, 0) is 49.2 Å². The van der Waals surface area contributed by atoms with Crippen LogP contribution in [0.4, 0.5) is 0 Å². The van der Waals surface area contributed by atoms with Crippen molar-refractivity contribution in [2.24, 2.45) is 4.40 Å². The summed E-state index contributed by atoms with van der Waals surface area (Å²) in [5.41, 5.74) is 2.83. The normalized spacial score (nSPS) is 21.1. The summed E-state index contributed by atoms with van der Waals surface area (Å²) in [4.78, 5) is 16.6. The van der Waals surface area contributed by atoms with Crippen LogP contribution in [0.3, 0.4) is 0 Å². The molecule has 1 N–H and O–H groups in total. The standard InChI is InChI=1S/C20H24N4O3S/c25-20(18-7-8-19-22-28(26,27)12-11-24(19)15-18)21-13-16-3-5-17(6-4-16)14-23-9-1-2-10-23/h3-8,15H,1-2,9-14H2,(H,21,25). The maximum absolute atomic E-state index is 12.4. The van der Waals surface area contributed by atoms with Crippen LogP contribution >= 0.6 is 0 Å². The number of amides is 1. The predicted octanol–water partition coefficient (Wildman–Crippen LogP) is 1.40. The molecule has 8 heteroatoms. The van der Waals surface area contributed by atoms with E-state index in [4.69, 9.17) is 0 Å². The SMILES string of the molecule is O=C(NCc1ccc(CN2CCCC2)cc1)C1=CN2CCS(=O)(=O)N=C2C=C1. The third-order valence-corrected chi connectivity index (χ3v) is 6.33. The van der Waals surface area contributed by atoms with E-state index in [9.17, 15) is 13.2 Å². The van der Waals surface area contributed by atoms with E-state index in [-0.39, 0.29) is 11.7 Å². The van der Waals surface area contributed by atoms with Crippen molar-refractivity contribution in [3.63, 3.8) is 0 Å². The van der Waals surface area contributed by atoms with E-state index in [1.165, 1.54) is 31.5 Å². The highest BCUT2D eigenvalue weighted by molar-refractivity contribution is 7.90. The van der Waals surface area contributed by atoms with Gasteiger partial charge in [-0.1, -0.05) is 24.3 Å². The fraction of sp³-hybridized carbons (Fsp3) is 0.400. The quantitative estimate of drug-likeness (QED) is 0.808. The molecule has 0 atom stereocenters. The molecule has 1 aromatic carbocycles. The fourth-order valence-electron chi connectivity index (χ4n) is 3.58. The van der Waals surface area contributed by atoms with Gasteiger partial charge in [-0.3, -0.25) is 9.69 Å². The van der Waals surface area contributed by atoms with E-state index < -0.39 is 10.0 Å². The minimum absolute atomic E-state index is 0.0421. The van der Waals surface area contributed by atoms with Gasteiger partial charge in [0.25, 0.3) is 15.9 Å². The van der Waals surface area contributed by atoms with E-state index in [1.54, 1.807) is 23.3 Å². The maximum atomic E-state index is 12.4. The number of fused-ring (bicyclic) bond motifs is 1. The van der Waals surface area contributed by atoms with Crippen molar-refractivity contribution in [1.29, 1.82) is 0 Å². The molecule has 0 unspecified atom stereocenters. The minimum atomic E-state index is -3.39. The third kappa shape index (κ3) is 4.51. The van der Waals surface area contributed by atoms with Crippen LogP contribution < -0.4 is 5.32 Å². The molecule has 148 valence electrons. The molecule has 1 aromatic rings. The summed E-state index contributed by atoms with van der Waals surface area (Å²) in [6.07, 6.45) is 7.40. The van der Waals surface area contributed by atoms with Gasteiger partial charge in [-0.25, -0.2) is 8.42 Å². The van der Waals surface area contributed by atoms with Crippen LogP contribution in [0.2, 0.25) is 0 Å². The number of nitrogens with one attached hydrogen (secondary N) is 1. The Bertz CT molecular complexity index is 942. The highest BCUT2D eigenvalue weighted by Gasteiger charge is 2.24. The van der Waals surface area contributed by atoms with Gasteiger partial charge in [0.2, 0.25) is 0 Å². The zero-order valence-electron chi connectivity index (χ0n) is 15.7. The Labute approximate surface area is 165 Å². The number of carbonyl (C=O) groups excluding carboxylic acids is 1. The largest absolute Gasteiger partial charge is 0.348 e. The van der Waals surface area contributed by atoms with Crippen LogP contribution in [0.1, 0.15) is 24.0 Å². The molecule has 3 aliphatic heterocycles. The molecular formula is C20H24N4O3S. The second kappa shape index (κ2) is 7.89. The number of carbonyl (C=O) groups is 1. The monoisotopic (exact) mass is 400 g/mol. The van der Waals surface area contributed by atoms with Crippen LogP contribution in [-0.4, -0.2) is 55.3 Å².